The Labute approximate surface area is 159 Å². The lowest BCUT2D eigenvalue weighted by atomic mass is 9.97. The van der Waals surface area contributed by atoms with E-state index < -0.39 is 6.43 Å². The number of rotatable bonds is 4. The SMILES string of the molecule is Cc1nc(N[C@H](C)c2cccc(C(F)F)c2C)c2cc(Br)c(C)nc2n1. The Kier molecular flexibility index (Phi) is 5.18. The van der Waals surface area contributed by atoms with Gasteiger partial charge in [0.25, 0.3) is 6.43 Å². The van der Waals surface area contributed by atoms with Gasteiger partial charge in [0, 0.05) is 10.0 Å². The topological polar surface area (TPSA) is 50.7 Å². The highest BCUT2D eigenvalue weighted by Crippen LogP contribution is 2.31. The van der Waals surface area contributed by atoms with Gasteiger partial charge in [0.2, 0.25) is 0 Å². The van der Waals surface area contributed by atoms with Crippen LogP contribution in [0.1, 0.15) is 47.6 Å². The van der Waals surface area contributed by atoms with Gasteiger partial charge in [-0.2, -0.15) is 0 Å². The number of benzene rings is 1. The number of fused-ring (bicyclic) bond motifs is 1. The summed E-state index contributed by atoms with van der Waals surface area (Å²) in [6.45, 7) is 7.35. The van der Waals surface area contributed by atoms with Crippen LogP contribution in [0.4, 0.5) is 14.6 Å². The molecule has 0 aliphatic carbocycles. The maximum absolute atomic E-state index is 13.2. The van der Waals surface area contributed by atoms with Crippen molar-refractivity contribution in [2.75, 3.05) is 5.32 Å². The van der Waals surface area contributed by atoms with Gasteiger partial charge in [-0.25, -0.2) is 23.7 Å². The summed E-state index contributed by atoms with van der Waals surface area (Å²) in [6.07, 6.45) is -2.49. The zero-order chi connectivity index (χ0) is 19.0. The Bertz CT molecular complexity index is 975. The van der Waals surface area contributed by atoms with Crippen LogP contribution < -0.4 is 5.32 Å². The first-order valence-corrected chi connectivity index (χ1v) is 9.02. The molecule has 1 atom stereocenters. The number of nitrogens with zero attached hydrogens (tertiary/aromatic N) is 3. The van der Waals surface area contributed by atoms with Gasteiger partial charge in [-0.1, -0.05) is 18.2 Å². The highest BCUT2D eigenvalue weighted by Gasteiger charge is 2.18. The second-order valence-corrected chi connectivity index (χ2v) is 7.13. The summed E-state index contributed by atoms with van der Waals surface area (Å²) >= 11 is 3.49. The van der Waals surface area contributed by atoms with Crippen molar-refractivity contribution in [1.29, 1.82) is 0 Å². The molecule has 26 heavy (non-hydrogen) atoms. The standard InChI is InChI=1S/C19H19BrF2N4/c1-9-13(6-5-7-14(9)17(21)22)10(2)23-18-15-8-16(20)11(3)24-19(15)26-12(4)25-18/h5-8,10,17H,1-4H3,(H,23,24,25,26)/t10-/m1/s1. The number of nitrogens with one attached hydrogen (secondary N) is 1. The fraction of sp³-hybridized carbons (Fsp3) is 0.316. The van der Waals surface area contributed by atoms with E-state index in [4.69, 9.17) is 0 Å². The van der Waals surface area contributed by atoms with E-state index in [1.165, 1.54) is 6.07 Å². The van der Waals surface area contributed by atoms with Crippen molar-refractivity contribution in [1.82, 2.24) is 15.0 Å². The third-order valence-electron chi connectivity index (χ3n) is 4.40. The molecule has 0 amide bonds. The van der Waals surface area contributed by atoms with E-state index in [9.17, 15) is 8.78 Å². The molecule has 136 valence electrons. The molecule has 2 heterocycles. The monoisotopic (exact) mass is 420 g/mol. The lowest BCUT2D eigenvalue weighted by molar-refractivity contribution is 0.150. The fourth-order valence-corrected chi connectivity index (χ4v) is 3.32. The molecule has 3 rings (SSSR count). The fourth-order valence-electron chi connectivity index (χ4n) is 3.00. The molecular weight excluding hydrogens is 402 g/mol. The summed E-state index contributed by atoms with van der Waals surface area (Å²) in [5.74, 6) is 1.23. The average Bonchev–Trinajstić information content (AvgIpc) is 2.56. The summed E-state index contributed by atoms with van der Waals surface area (Å²) in [6, 6.07) is 6.70. The lowest BCUT2D eigenvalue weighted by Crippen LogP contribution is -2.12. The molecule has 2 aromatic heterocycles. The Morgan fingerprint density at radius 3 is 2.42 bits per heavy atom. The number of aryl methyl sites for hydroxylation is 2. The van der Waals surface area contributed by atoms with E-state index in [2.05, 4.69) is 36.2 Å². The number of hydrogen-bond donors (Lipinski definition) is 1. The van der Waals surface area contributed by atoms with Gasteiger partial charge in [-0.05, 0) is 60.8 Å². The molecule has 0 saturated heterocycles. The molecular formula is C19H19BrF2N4. The number of aromatic nitrogens is 3. The second-order valence-electron chi connectivity index (χ2n) is 6.27. The molecule has 0 aliphatic heterocycles. The second kappa shape index (κ2) is 7.23. The van der Waals surface area contributed by atoms with Crippen LogP contribution in [-0.2, 0) is 0 Å². The minimum absolute atomic E-state index is 0.0555. The molecule has 0 aliphatic rings. The van der Waals surface area contributed by atoms with Gasteiger partial charge in [-0.3, -0.25) is 0 Å². The molecule has 1 aromatic carbocycles. The van der Waals surface area contributed by atoms with Crippen molar-refractivity contribution in [3.05, 3.63) is 56.9 Å². The van der Waals surface area contributed by atoms with Crippen LogP contribution in [0.15, 0.2) is 28.7 Å². The molecule has 0 radical (unpaired) electrons. The van der Waals surface area contributed by atoms with E-state index in [0.29, 0.717) is 22.9 Å². The van der Waals surface area contributed by atoms with Crippen molar-refractivity contribution in [2.24, 2.45) is 0 Å². The van der Waals surface area contributed by atoms with Crippen molar-refractivity contribution in [3.63, 3.8) is 0 Å². The van der Waals surface area contributed by atoms with Gasteiger partial charge in [-0.15, -0.1) is 0 Å². The number of anilines is 1. The normalized spacial score (nSPS) is 12.6. The van der Waals surface area contributed by atoms with E-state index in [1.807, 2.05) is 26.0 Å². The molecule has 0 saturated carbocycles. The maximum Gasteiger partial charge on any atom is 0.264 e. The Morgan fingerprint density at radius 2 is 1.73 bits per heavy atom. The van der Waals surface area contributed by atoms with Gasteiger partial charge in [0.05, 0.1) is 17.1 Å². The Morgan fingerprint density at radius 1 is 1.04 bits per heavy atom. The van der Waals surface area contributed by atoms with Crippen molar-refractivity contribution >= 4 is 32.8 Å². The first-order valence-electron chi connectivity index (χ1n) is 8.23. The molecule has 0 unspecified atom stereocenters. The van der Waals surface area contributed by atoms with Gasteiger partial charge in [0.1, 0.15) is 11.6 Å². The molecule has 3 aromatic rings. The number of hydrogen-bond acceptors (Lipinski definition) is 4. The van der Waals surface area contributed by atoms with Crippen LogP contribution in [0.25, 0.3) is 11.0 Å². The van der Waals surface area contributed by atoms with E-state index in [0.717, 1.165) is 21.1 Å². The maximum atomic E-state index is 13.2. The predicted octanol–water partition coefficient (Wildman–Crippen LogP) is 5.82. The lowest BCUT2D eigenvalue weighted by Gasteiger charge is -2.20. The number of halogens is 3. The van der Waals surface area contributed by atoms with Gasteiger partial charge in [0.15, 0.2) is 5.65 Å². The van der Waals surface area contributed by atoms with Crippen LogP contribution in [0.5, 0.6) is 0 Å². The van der Waals surface area contributed by atoms with Crippen LogP contribution in [0, 0.1) is 20.8 Å². The summed E-state index contributed by atoms with van der Waals surface area (Å²) in [5.41, 5.74) is 2.90. The molecule has 0 spiro atoms. The van der Waals surface area contributed by atoms with Crippen molar-refractivity contribution in [3.8, 4) is 0 Å². The largest absolute Gasteiger partial charge is 0.363 e. The summed E-state index contributed by atoms with van der Waals surface area (Å²) < 4.78 is 27.2. The summed E-state index contributed by atoms with van der Waals surface area (Å²) in [7, 11) is 0. The molecule has 7 heteroatoms. The quantitative estimate of drug-likeness (QED) is 0.577. The van der Waals surface area contributed by atoms with Gasteiger partial charge >= 0.3 is 0 Å². The summed E-state index contributed by atoms with van der Waals surface area (Å²) in [5, 5.41) is 4.12. The Hall–Kier alpha value is -2.15. The molecule has 0 fully saturated rings. The van der Waals surface area contributed by atoms with E-state index in [1.54, 1.807) is 19.9 Å². The first-order chi connectivity index (χ1) is 12.3. The zero-order valence-electron chi connectivity index (χ0n) is 14.9. The smallest absolute Gasteiger partial charge is 0.264 e. The van der Waals surface area contributed by atoms with Crippen LogP contribution in [0.2, 0.25) is 0 Å². The molecule has 4 nitrogen and oxygen atoms in total. The van der Waals surface area contributed by atoms with E-state index >= 15 is 0 Å². The molecule has 1 N–H and O–H groups in total. The predicted molar refractivity (Wildman–Crippen MR) is 103 cm³/mol. The average molecular weight is 421 g/mol. The van der Waals surface area contributed by atoms with Gasteiger partial charge < -0.3 is 5.32 Å². The number of pyridine rings is 1. The van der Waals surface area contributed by atoms with E-state index in [-0.39, 0.29) is 11.6 Å². The number of alkyl halides is 2. The van der Waals surface area contributed by atoms with Crippen LogP contribution in [0.3, 0.4) is 0 Å². The van der Waals surface area contributed by atoms with Crippen molar-refractivity contribution in [2.45, 2.75) is 40.2 Å². The highest BCUT2D eigenvalue weighted by atomic mass is 79.9. The third-order valence-corrected chi connectivity index (χ3v) is 5.20. The first kappa shape index (κ1) is 18.6. The minimum Gasteiger partial charge on any atom is -0.363 e. The Balaban J connectivity index is 2.04. The highest BCUT2D eigenvalue weighted by molar-refractivity contribution is 9.10. The van der Waals surface area contributed by atoms with Crippen molar-refractivity contribution < 1.29 is 8.78 Å². The zero-order valence-corrected chi connectivity index (χ0v) is 16.5. The third kappa shape index (κ3) is 3.53. The van der Waals surface area contributed by atoms with Crippen LogP contribution >= 0.6 is 15.9 Å². The molecule has 0 bridgehead atoms. The van der Waals surface area contributed by atoms with Crippen LogP contribution in [-0.4, -0.2) is 15.0 Å². The summed E-state index contributed by atoms with van der Waals surface area (Å²) in [4.78, 5) is 13.4. The minimum atomic E-state index is -2.49.